The predicted octanol–water partition coefficient (Wildman–Crippen LogP) is 5.26. The van der Waals surface area contributed by atoms with Crippen molar-refractivity contribution in [2.24, 2.45) is 15.9 Å². The van der Waals surface area contributed by atoms with E-state index in [-0.39, 0.29) is 6.04 Å². The first kappa shape index (κ1) is 18.0. The Morgan fingerprint density at radius 3 is 2.91 bits per heavy atom. The first-order valence-electron chi connectivity index (χ1n) is 7.96. The normalized spacial score (nSPS) is 27.2. The van der Waals surface area contributed by atoms with Gasteiger partial charge in [0, 0.05) is 11.6 Å². The van der Waals surface area contributed by atoms with Crippen LogP contribution in [0.5, 0.6) is 0 Å². The average Bonchev–Trinajstić information content (AvgIpc) is 2.81. The smallest absolute Gasteiger partial charge is 0.106 e. The molecule has 0 aromatic rings. The van der Waals surface area contributed by atoms with E-state index in [9.17, 15) is 5.26 Å². The Hall–Kier alpha value is -1.31. The highest BCUT2D eigenvalue weighted by Gasteiger charge is 2.17. The molecule has 0 amide bonds. The largest absolute Gasteiger partial charge is 0.281 e. The van der Waals surface area contributed by atoms with E-state index < -0.39 is 0 Å². The summed E-state index contributed by atoms with van der Waals surface area (Å²) in [6.07, 6.45) is 9.00. The molecule has 0 bridgehead atoms. The fourth-order valence-corrected chi connectivity index (χ4v) is 3.73. The number of hydrogen-bond acceptors (Lipinski definition) is 4. The zero-order chi connectivity index (χ0) is 16.8. The number of nitrogens with zero attached hydrogens (tertiary/aromatic N) is 3. The van der Waals surface area contributed by atoms with Crippen LogP contribution in [0.25, 0.3) is 0 Å². The van der Waals surface area contributed by atoms with Gasteiger partial charge in [-0.3, -0.25) is 4.99 Å². The Balaban J connectivity index is 2.34. The van der Waals surface area contributed by atoms with E-state index in [4.69, 9.17) is 16.6 Å². The second kappa shape index (κ2) is 8.52. The maximum atomic E-state index is 9.26. The lowest BCUT2D eigenvalue weighted by atomic mass is 10.1. The van der Waals surface area contributed by atoms with Gasteiger partial charge >= 0.3 is 0 Å². The fourth-order valence-electron chi connectivity index (χ4n) is 2.60. The Bertz CT molecular complexity index is 650. The zero-order valence-electron chi connectivity index (χ0n) is 13.8. The van der Waals surface area contributed by atoms with E-state index in [0.29, 0.717) is 11.8 Å². The van der Waals surface area contributed by atoms with Gasteiger partial charge in [0.05, 0.1) is 21.7 Å². The van der Waals surface area contributed by atoms with E-state index in [0.717, 1.165) is 40.6 Å². The van der Waals surface area contributed by atoms with Gasteiger partial charge in [-0.2, -0.15) is 5.26 Å². The van der Waals surface area contributed by atoms with Gasteiger partial charge in [-0.1, -0.05) is 37.8 Å². The standard InChI is InChI=1S/C18H22ClN3S/c1-4-14-9-15(10-19)21-13(3)8-17(14)22-18-6-5-12(2)7-16(11-20)23-18/h7-9,12,15H,4-6,10H2,1-3H3. The third kappa shape index (κ3) is 5.09. The van der Waals surface area contributed by atoms with Gasteiger partial charge in [0.25, 0.3) is 0 Å². The molecule has 2 aliphatic heterocycles. The molecule has 0 N–H and O–H groups in total. The fraction of sp³-hybridized carbons (Fsp3) is 0.500. The van der Waals surface area contributed by atoms with E-state index >= 15 is 0 Å². The molecular weight excluding hydrogens is 326 g/mol. The van der Waals surface area contributed by atoms with Crippen LogP contribution in [0, 0.1) is 17.2 Å². The summed E-state index contributed by atoms with van der Waals surface area (Å²) in [7, 11) is 0. The average molecular weight is 348 g/mol. The highest BCUT2D eigenvalue weighted by atomic mass is 35.5. The van der Waals surface area contributed by atoms with Crippen molar-refractivity contribution in [1.29, 1.82) is 5.26 Å². The van der Waals surface area contributed by atoms with Gasteiger partial charge in [0.1, 0.15) is 6.07 Å². The topological polar surface area (TPSA) is 48.5 Å². The summed E-state index contributed by atoms with van der Waals surface area (Å²) in [6.45, 7) is 6.24. The van der Waals surface area contributed by atoms with Gasteiger partial charge < -0.3 is 0 Å². The van der Waals surface area contributed by atoms with E-state index in [1.54, 1.807) is 0 Å². The highest BCUT2D eigenvalue weighted by molar-refractivity contribution is 8.17. The molecule has 2 rings (SSSR count). The minimum absolute atomic E-state index is 0.0111. The maximum Gasteiger partial charge on any atom is 0.106 e. The lowest BCUT2D eigenvalue weighted by Crippen LogP contribution is -2.04. The molecule has 2 atom stereocenters. The minimum Gasteiger partial charge on any atom is -0.281 e. The summed E-state index contributed by atoms with van der Waals surface area (Å²) in [5, 5.41) is 10.3. The Kier molecular flexibility index (Phi) is 6.68. The van der Waals surface area contributed by atoms with Crippen molar-refractivity contribution in [3.8, 4) is 6.07 Å². The van der Waals surface area contributed by atoms with Gasteiger partial charge in [-0.05, 0) is 43.8 Å². The summed E-state index contributed by atoms with van der Waals surface area (Å²) < 4.78 is 0. The predicted molar refractivity (Wildman–Crippen MR) is 101 cm³/mol. The van der Waals surface area contributed by atoms with Crippen molar-refractivity contribution in [1.82, 2.24) is 0 Å². The van der Waals surface area contributed by atoms with Crippen molar-refractivity contribution in [2.75, 3.05) is 5.88 Å². The molecule has 5 heteroatoms. The Morgan fingerprint density at radius 2 is 2.26 bits per heavy atom. The molecule has 0 saturated heterocycles. The van der Waals surface area contributed by atoms with Crippen LogP contribution in [0.15, 0.2) is 44.4 Å². The van der Waals surface area contributed by atoms with Crippen molar-refractivity contribution < 1.29 is 0 Å². The van der Waals surface area contributed by atoms with Crippen LogP contribution in [0.1, 0.15) is 40.0 Å². The molecule has 0 spiro atoms. The molecule has 2 unspecified atom stereocenters. The second-order valence-electron chi connectivity index (χ2n) is 5.83. The van der Waals surface area contributed by atoms with Crippen molar-refractivity contribution in [3.63, 3.8) is 0 Å². The first-order valence-corrected chi connectivity index (χ1v) is 9.31. The number of alkyl halides is 1. The van der Waals surface area contributed by atoms with Gasteiger partial charge in [0.2, 0.25) is 0 Å². The molecule has 0 aromatic heterocycles. The zero-order valence-corrected chi connectivity index (χ0v) is 15.4. The molecule has 122 valence electrons. The number of thioether (sulfide) groups is 1. The van der Waals surface area contributed by atoms with Crippen LogP contribution in [-0.4, -0.2) is 22.7 Å². The molecule has 3 nitrogen and oxygen atoms in total. The number of aliphatic imine (C=N–C) groups is 2. The highest BCUT2D eigenvalue weighted by Crippen LogP contribution is 2.30. The molecule has 0 aromatic carbocycles. The number of allylic oxidation sites excluding steroid dienone is 4. The Morgan fingerprint density at radius 1 is 1.48 bits per heavy atom. The third-order valence-electron chi connectivity index (χ3n) is 3.81. The van der Waals surface area contributed by atoms with Crippen molar-refractivity contribution in [2.45, 2.75) is 46.1 Å². The van der Waals surface area contributed by atoms with Gasteiger partial charge in [-0.25, -0.2) is 4.99 Å². The number of halogens is 1. The minimum atomic E-state index is 0.0111. The Labute approximate surface area is 147 Å². The quantitative estimate of drug-likeness (QED) is 0.654. The first-order chi connectivity index (χ1) is 11.0. The molecule has 0 radical (unpaired) electrons. The number of nitriles is 1. The molecule has 2 aliphatic rings. The van der Waals surface area contributed by atoms with E-state index in [1.807, 2.05) is 19.1 Å². The summed E-state index contributed by atoms with van der Waals surface area (Å²) in [4.78, 5) is 10.2. The van der Waals surface area contributed by atoms with Crippen molar-refractivity contribution in [3.05, 3.63) is 34.4 Å². The number of rotatable bonds is 3. The third-order valence-corrected chi connectivity index (χ3v) is 5.10. The summed E-state index contributed by atoms with van der Waals surface area (Å²) in [6, 6.07) is 2.28. The summed E-state index contributed by atoms with van der Waals surface area (Å²) in [5.41, 5.74) is 3.07. The molecule has 0 aliphatic carbocycles. The summed E-state index contributed by atoms with van der Waals surface area (Å²) >= 11 is 7.49. The van der Waals surface area contributed by atoms with Crippen LogP contribution in [0.4, 0.5) is 0 Å². The van der Waals surface area contributed by atoms with Crippen LogP contribution in [0.2, 0.25) is 0 Å². The molecular formula is C18H22ClN3S. The maximum absolute atomic E-state index is 9.26. The van der Waals surface area contributed by atoms with Crippen LogP contribution in [-0.2, 0) is 0 Å². The van der Waals surface area contributed by atoms with Crippen LogP contribution in [0.3, 0.4) is 0 Å². The van der Waals surface area contributed by atoms with E-state index in [1.165, 1.54) is 17.3 Å². The molecule has 0 fully saturated rings. The lowest BCUT2D eigenvalue weighted by molar-refractivity contribution is 0.673. The molecule has 23 heavy (non-hydrogen) atoms. The van der Waals surface area contributed by atoms with Gasteiger partial charge in [0.15, 0.2) is 0 Å². The van der Waals surface area contributed by atoms with Crippen LogP contribution >= 0.6 is 23.4 Å². The SMILES string of the molecule is CCC1=CC(CCl)N=C(C)C=C1N=C1CCC(C)C=C(C#N)S1. The van der Waals surface area contributed by atoms with Crippen molar-refractivity contribution >= 4 is 34.1 Å². The van der Waals surface area contributed by atoms with Crippen LogP contribution < -0.4 is 0 Å². The summed E-state index contributed by atoms with van der Waals surface area (Å²) in [5.74, 6) is 0.893. The monoisotopic (exact) mass is 347 g/mol. The van der Waals surface area contributed by atoms with Gasteiger partial charge in [-0.15, -0.1) is 11.6 Å². The lowest BCUT2D eigenvalue weighted by Gasteiger charge is -2.09. The van der Waals surface area contributed by atoms with E-state index in [2.05, 4.69) is 31.0 Å². The molecule has 2 heterocycles. The molecule has 0 saturated carbocycles. The number of hydrogen-bond donors (Lipinski definition) is 0. The second-order valence-corrected chi connectivity index (χ2v) is 7.26.